The van der Waals surface area contributed by atoms with E-state index < -0.39 is 6.03 Å². The van der Waals surface area contributed by atoms with Crippen molar-refractivity contribution in [1.29, 1.82) is 0 Å². The van der Waals surface area contributed by atoms with E-state index in [0.29, 0.717) is 11.9 Å². The van der Waals surface area contributed by atoms with E-state index in [1.54, 1.807) is 6.20 Å². The number of amides is 2. The van der Waals surface area contributed by atoms with Crippen molar-refractivity contribution >= 4 is 17.5 Å². The fraction of sp³-hybridized carbons (Fsp3) is 0.500. The molecule has 6 heteroatoms. The van der Waals surface area contributed by atoms with Crippen LogP contribution in [0.25, 0.3) is 5.70 Å². The number of nitrogens with two attached hydrogens (primary N) is 1. The van der Waals surface area contributed by atoms with Crippen LogP contribution in [0.5, 0.6) is 0 Å². The monoisotopic (exact) mass is 249 g/mol. The maximum Gasteiger partial charge on any atom is 0.317 e. The Kier molecular flexibility index (Phi) is 3.86. The number of urea groups is 1. The normalized spacial score (nSPS) is 16.2. The lowest BCUT2D eigenvalue weighted by Gasteiger charge is -2.24. The molecule has 5 N–H and O–H groups in total. The van der Waals surface area contributed by atoms with Crippen LogP contribution < -0.4 is 16.4 Å². The van der Waals surface area contributed by atoms with E-state index >= 15 is 0 Å². The fourth-order valence-corrected chi connectivity index (χ4v) is 2.30. The Balaban J connectivity index is 1.99. The number of hydrogen-bond acceptors (Lipinski definition) is 3. The minimum absolute atomic E-state index is 0.461. The van der Waals surface area contributed by atoms with Crippen LogP contribution in [0.15, 0.2) is 12.8 Å². The molecule has 1 fully saturated rings. The van der Waals surface area contributed by atoms with Crippen molar-refractivity contribution in [3.63, 3.8) is 0 Å². The molecule has 0 saturated heterocycles. The molecular weight excluding hydrogens is 230 g/mol. The molecular formula is C12H19N5O. The van der Waals surface area contributed by atoms with Gasteiger partial charge in [0.2, 0.25) is 0 Å². The molecule has 0 radical (unpaired) electrons. The van der Waals surface area contributed by atoms with Crippen LogP contribution in [0.3, 0.4) is 0 Å². The molecule has 0 bridgehead atoms. The SMILES string of the molecule is C=C(NC1CCCCC1)c1cn[nH]c1NC(N)=O. The number of nitrogens with zero attached hydrogens (tertiary/aromatic N) is 1. The smallest absolute Gasteiger partial charge is 0.317 e. The Hall–Kier alpha value is -1.98. The van der Waals surface area contributed by atoms with Gasteiger partial charge in [0, 0.05) is 11.7 Å². The summed E-state index contributed by atoms with van der Waals surface area (Å²) in [6.45, 7) is 4.00. The third kappa shape index (κ3) is 3.03. The van der Waals surface area contributed by atoms with E-state index in [1.165, 1.54) is 19.3 Å². The standard InChI is InChI=1S/C12H19N5O/c1-8(15-9-5-3-2-4-6-9)10-7-14-17-11(10)16-12(13)18/h7,9,15H,1-6H2,(H4,13,14,16,17,18). The largest absolute Gasteiger partial charge is 0.382 e. The number of anilines is 1. The molecule has 0 aromatic carbocycles. The summed E-state index contributed by atoms with van der Waals surface area (Å²) >= 11 is 0. The van der Waals surface area contributed by atoms with Crippen molar-refractivity contribution in [3.8, 4) is 0 Å². The van der Waals surface area contributed by atoms with Crippen LogP contribution >= 0.6 is 0 Å². The van der Waals surface area contributed by atoms with Gasteiger partial charge in [0.1, 0.15) is 5.82 Å². The zero-order valence-corrected chi connectivity index (χ0v) is 10.3. The van der Waals surface area contributed by atoms with Gasteiger partial charge in [0.05, 0.1) is 11.8 Å². The van der Waals surface area contributed by atoms with Gasteiger partial charge in [0.25, 0.3) is 0 Å². The second kappa shape index (κ2) is 5.57. The second-order valence-corrected chi connectivity index (χ2v) is 4.61. The zero-order chi connectivity index (χ0) is 13.0. The van der Waals surface area contributed by atoms with E-state index in [2.05, 4.69) is 27.4 Å². The van der Waals surface area contributed by atoms with Crippen LogP contribution in [-0.2, 0) is 0 Å². The number of nitrogens with one attached hydrogen (secondary N) is 3. The Morgan fingerprint density at radius 1 is 1.44 bits per heavy atom. The predicted octanol–water partition coefficient (Wildman–Crippen LogP) is 1.79. The Morgan fingerprint density at radius 2 is 2.17 bits per heavy atom. The van der Waals surface area contributed by atoms with Gasteiger partial charge in [-0.25, -0.2) is 4.79 Å². The van der Waals surface area contributed by atoms with Crippen molar-refractivity contribution in [3.05, 3.63) is 18.3 Å². The Labute approximate surface area is 106 Å². The van der Waals surface area contributed by atoms with Crippen molar-refractivity contribution in [1.82, 2.24) is 15.5 Å². The lowest BCUT2D eigenvalue weighted by atomic mass is 9.95. The highest BCUT2D eigenvalue weighted by Gasteiger charge is 2.16. The first kappa shape index (κ1) is 12.5. The highest BCUT2D eigenvalue weighted by atomic mass is 16.2. The van der Waals surface area contributed by atoms with Gasteiger partial charge in [-0.15, -0.1) is 0 Å². The van der Waals surface area contributed by atoms with Crippen molar-refractivity contribution < 1.29 is 4.79 Å². The summed E-state index contributed by atoms with van der Waals surface area (Å²) in [5, 5.41) is 12.5. The molecule has 0 aliphatic heterocycles. The molecule has 1 heterocycles. The van der Waals surface area contributed by atoms with Crippen LogP contribution in [-0.4, -0.2) is 22.3 Å². The summed E-state index contributed by atoms with van der Waals surface area (Å²) < 4.78 is 0. The topological polar surface area (TPSA) is 95.8 Å². The van der Waals surface area contributed by atoms with Crippen LogP contribution in [0.1, 0.15) is 37.7 Å². The number of carbonyl (C=O) groups is 1. The maximum atomic E-state index is 10.8. The van der Waals surface area contributed by atoms with E-state index in [0.717, 1.165) is 24.1 Å². The van der Waals surface area contributed by atoms with Gasteiger partial charge < -0.3 is 11.1 Å². The second-order valence-electron chi connectivity index (χ2n) is 4.61. The van der Waals surface area contributed by atoms with E-state index in [1.807, 2.05) is 0 Å². The molecule has 1 aliphatic carbocycles. The maximum absolute atomic E-state index is 10.8. The minimum atomic E-state index is -0.619. The van der Waals surface area contributed by atoms with Gasteiger partial charge in [-0.3, -0.25) is 10.4 Å². The van der Waals surface area contributed by atoms with Crippen LogP contribution in [0.4, 0.5) is 10.6 Å². The number of carbonyl (C=O) groups excluding carboxylic acids is 1. The summed E-state index contributed by atoms with van der Waals surface area (Å²) in [5.74, 6) is 0.482. The molecule has 1 aromatic rings. The number of primary amides is 1. The zero-order valence-electron chi connectivity index (χ0n) is 10.3. The molecule has 1 aromatic heterocycles. The van der Waals surface area contributed by atoms with Gasteiger partial charge in [-0.05, 0) is 12.8 Å². The predicted molar refractivity (Wildman–Crippen MR) is 70.8 cm³/mol. The average molecular weight is 249 g/mol. The first-order chi connectivity index (χ1) is 8.66. The lowest BCUT2D eigenvalue weighted by Crippen LogP contribution is -2.29. The summed E-state index contributed by atoms with van der Waals surface area (Å²) in [4.78, 5) is 10.8. The van der Waals surface area contributed by atoms with Gasteiger partial charge in [-0.2, -0.15) is 5.10 Å². The molecule has 0 spiro atoms. The number of rotatable bonds is 4. The third-order valence-corrected chi connectivity index (χ3v) is 3.20. The molecule has 6 nitrogen and oxygen atoms in total. The molecule has 0 atom stereocenters. The molecule has 2 amide bonds. The summed E-state index contributed by atoms with van der Waals surface area (Å²) in [6.07, 6.45) is 7.77. The number of aromatic nitrogens is 2. The van der Waals surface area contributed by atoms with Crippen molar-refractivity contribution in [2.75, 3.05) is 5.32 Å². The summed E-state index contributed by atoms with van der Waals surface area (Å²) in [6, 6.07) is -0.159. The first-order valence-corrected chi connectivity index (χ1v) is 6.22. The first-order valence-electron chi connectivity index (χ1n) is 6.22. The number of hydrogen-bond donors (Lipinski definition) is 4. The Bertz CT molecular complexity index is 433. The van der Waals surface area contributed by atoms with Gasteiger partial charge in [-0.1, -0.05) is 25.8 Å². The summed E-state index contributed by atoms with van der Waals surface area (Å²) in [5.41, 5.74) is 6.60. The minimum Gasteiger partial charge on any atom is -0.382 e. The molecule has 1 aliphatic rings. The third-order valence-electron chi connectivity index (χ3n) is 3.20. The molecule has 2 rings (SSSR count). The average Bonchev–Trinajstić information content (AvgIpc) is 2.77. The van der Waals surface area contributed by atoms with Crippen LogP contribution in [0.2, 0.25) is 0 Å². The summed E-state index contributed by atoms with van der Waals surface area (Å²) in [7, 11) is 0. The van der Waals surface area contributed by atoms with Gasteiger partial charge in [0.15, 0.2) is 0 Å². The van der Waals surface area contributed by atoms with Crippen molar-refractivity contribution in [2.24, 2.45) is 5.73 Å². The molecule has 18 heavy (non-hydrogen) atoms. The lowest BCUT2D eigenvalue weighted by molar-refractivity contribution is 0.259. The number of H-pyrrole nitrogens is 1. The van der Waals surface area contributed by atoms with Crippen molar-refractivity contribution in [2.45, 2.75) is 38.1 Å². The van der Waals surface area contributed by atoms with E-state index in [9.17, 15) is 4.79 Å². The molecule has 1 saturated carbocycles. The Morgan fingerprint density at radius 3 is 2.83 bits per heavy atom. The van der Waals surface area contributed by atoms with Gasteiger partial charge >= 0.3 is 6.03 Å². The molecule has 0 unspecified atom stereocenters. The highest BCUT2D eigenvalue weighted by Crippen LogP contribution is 2.23. The van der Waals surface area contributed by atoms with Crippen LogP contribution in [0, 0.1) is 0 Å². The van der Waals surface area contributed by atoms with E-state index in [4.69, 9.17) is 5.73 Å². The van der Waals surface area contributed by atoms with E-state index in [-0.39, 0.29) is 0 Å². The highest BCUT2D eigenvalue weighted by molar-refractivity contribution is 5.90. The number of aromatic amines is 1. The quantitative estimate of drug-likeness (QED) is 0.655. The fourth-order valence-electron chi connectivity index (χ4n) is 2.30. The molecule has 98 valence electrons.